The highest BCUT2D eigenvalue weighted by atomic mass is 35.5. The van der Waals surface area contributed by atoms with E-state index in [2.05, 4.69) is 27.7 Å². The zero-order valence-corrected chi connectivity index (χ0v) is 11.0. The molecule has 1 aromatic heterocycles. The molecular weight excluding hydrogens is 291 g/mol. The fraction of sp³-hybridized carbons (Fsp3) is 0.385. The molecule has 0 spiro atoms. The number of hydrazone groups is 1. The Morgan fingerprint density at radius 1 is 1.40 bits per heavy atom. The lowest BCUT2D eigenvalue weighted by Crippen LogP contribution is -2.33. The second kappa shape index (κ2) is 4.77. The van der Waals surface area contributed by atoms with Gasteiger partial charge in [0.05, 0.1) is 10.6 Å². The van der Waals surface area contributed by atoms with E-state index in [1.165, 1.54) is 0 Å². The molecule has 0 aromatic carbocycles. The molecule has 0 amide bonds. The van der Waals surface area contributed by atoms with Gasteiger partial charge in [-0.2, -0.15) is 18.3 Å². The van der Waals surface area contributed by atoms with Crippen molar-refractivity contribution in [2.45, 2.75) is 19.0 Å². The lowest BCUT2D eigenvalue weighted by atomic mass is 9.74. The summed E-state index contributed by atoms with van der Waals surface area (Å²) < 4.78 is 37.4. The summed E-state index contributed by atoms with van der Waals surface area (Å²) in [4.78, 5) is 3.67. The summed E-state index contributed by atoms with van der Waals surface area (Å²) in [5.74, 6) is 1.13. The van der Waals surface area contributed by atoms with E-state index in [0.717, 1.165) is 30.8 Å². The van der Waals surface area contributed by atoms with Gasteiger partial charge in [0.2, 0.25) is 0 Å². The number of anilines is 1. The molecule has 1 saturated carbocycles. The van der Waals surface area contributed by atoms with Crippen LogP contribution in [0.1, 0.15) is 18.4 Å². The molecule has 3 nitrogen and oxygen atoms in total. The molecule has 106 valence electrons. The van der Waals surface area contributed by atoms with Crippen molar-refractivity contribution >= 4 is 23.1 Å². The number of fused-ring (bicyclic) bond motifs is 1. The maximum Gasteiger partial charge on any atom is 0.417 e. The topological polar surface area (TPSA) is 37.3 Å². The van der Waals surface area contributed by atoms with Crippen molar-refractivity contribution in [3.8, 4) is 0 Å². The number of nitrogens with one attached hydrogen (secondary N) is 1. The molecular formula is C13H11ClF3N3. The summed E-state index contributed by atoms with van der Waals surface area (Å²) in [5, 5.41) is 4.10. The molecule has 1 N–H and O–H groups in total. The molecule has 7 heteroatoms. The van der Waals surface area contributed by atoms with Gasteiger partial charge in [-0.15, -0.1) is 0 Å². The fourth-order valence-electron chi connectivity index (χ4n) is 2.46. The summed E-state index contributed by atoms with van der Waals surface area (Å²) in [6.45, 7) is 0. The van der Waals surface area contributed by atoms with E-state index in [1.807, 2.05) is 0 Å². The van der Waals surface area contributed by atoms with E-state index in [-0.39, 0.29) is 10.8 Å². The summed E-state index contributed by atoms with van der Waals surface area (Å²) >= 11 is 5.78. The van der Waals surface area contributed by atoms with Crippen LogP contribution in [-0.4, -0.2) is 10.7 Å². The molecule has 2 aliphatic rings. The number of aromatic nitrogens is 1. The molecule has 0 radical (unpaired) electrons. The standard InChI is InChI=1S/C13H11ClF3N3/c14-10-5-8(13(15,16)17)6-18-12(10)20-19-11-4-7-2-1-3-9(7)11/h1-2,5-7,9H,3-4H2,(H,18,20)/b19-11-/t7-,9+/m0/s1. The van der Waals surface area contributed by atoms with Gasteiger partial charge in [0, 0.05) is 17.8 Å². The first-order valence-corrected chi connectivity index (χ1v) is 6.55. The molecule has 3 rings (SSSR count). The van der Waals surface area contributed by atoms with Crippen LogP contribution in [-0.2, 0) is 6.18 Å². The highest BCUT2D eigenvalue weighted by Gasteiger charge is 2.38. The summed E-state index contributed by atoms with van der Waals surface area (Å²) in [7, 11) is 0. The van der Waals surface area contributed by atoms with Crippen molar-refractivity contribution < 1.29 is 13.2 Å². The van der Waals surface area contributed by atoms with Gasteiger partial charge in [-0.3, -0.25) is 5.43 Å². The number of hydrogen-bond acceptors (Lipinski definition) is 3. The number of allylic oxidation sites excluding steroid dienone is 2. The van der Waals surface area contributed by atoms with Crippen LogP contribution in [0, 0.1) is 11.8 Å². The molecule has 1 fully saturated rings. The fourth-order valence-corrected chi connectivity index (χ4v) is 2.67. The zero-order chi connectivity index (χ0) is 14.3. The van der Waals surface area contributed by atoms with Crippen molar-refractivity contribution in [3.05, 3.63) is 35.0 Å². The largest absolute Gasteiger partial charge is 0.417 e. The van der Waals surface area contributed by atoms with Crippen molar-refractivity contribution in [3.63, 3.8) is 0 Å². The van der Waals surface area contributed by atoms with E-state index >= 15 is 0 Å². The van der Waals surface area contributed by atoms with E-state index in [4.69, 9.17) is 11.6 Å². The van der Waals surface area contributed by atoms with Crippen molar-refractivity contribution in [1.29, 1.82) is 0 Å². The third-order valence-electron chi connectivity index (χ3n) is 3.64. The number of rotatable bonds is 2. The van der Waals surface area contributed by atoms with Gasteiger partial charge in [0.15, 0.2) is 5.82 Å². The van der Waals surface area contributed by atoms with Crippen molar-refractivity contribution in [2.24, 2.45) is 16.9 Å². The monoisotopic (exact) mass is 301 g/mol. The Labute approximate surface area is 118 Å². The van der Waals surface area contributed by atoms with E-state index in [9.17, 15) is 13.2 Å². The van der Waals surface area contributed by atoms with Gasteiger partial charge < -0.3 is 0 Å². The number of nitrogens with zero attached hydrogens (tertiary/aromatic N) is 2. The molecule has 0 unspecified atom stereocenters. The van der Waals surface area contributed by atoms with Crippen LogP contribution in [0.25, 0.3) is 0 Å². The van der Waals surface area contributed by atoms with E-state index in [1.54, 1.807) is 0 Å². The number of hydrogen-bond donors (Lipinski definition) is 1. The Bertz CT molecular complexity index is 595. The van der Waals surface area contributed by atoms with Crippen LogP contribution >= 0.6 is 11.6 Å². The van der Waals surface area contributed by atoms with Gasteiger partial charge in [0.25, 0.3) is 0 Å². The maximum absolute atomic E-state index is 12.5. The first-order valence-electron chi connectivity index (χ1n) is 6.17. The molecule has 0 bridgehead atoms. The van der Waals surface area contributed by atoms with Gasteiger partial charge in [-0.05, 0) is 24.8 Å². The molecule has 2 atom stereocenters. The van der Waals surface area contributed by atoms with Crippen LogP contribution in [0.4, 0.5) is 19.0 Å². The Morgan fingerprint density at radius 3 is 2.85 bits per heavy atom. The molecule has 1 heterocycles. The lowest BCUT2D eigenvalue weighted by molar-refractivity contribution is -0.137. The third kappa shape index (κ3) is 2.40. The first kappa shape index (κ1) is 13.4. The Hall–Kier alpha value is -1.56. The highest BCUT2D eigenvalue weighted by Crippen LogP contribution is 2.40. The van der Waals surface area contributed by atoms with Crippen LogP contribution in [0.15, 0.2) is 29.5 Å². The molecule has 1 aromatic rings. The van der Waals surface area contributed by atoms with E-state index in [0.29, 0.717) is 11.8 Å². The Balaban J connectivity index is 1.71. The van der Waals surface area contributed by atoms with Crippen LogP contribution in [0.2, 0.25) is 5.02 Å². The maximum atomic E-state index is 12.5. The minimum Gasteiger partial charge on any atom is -0.260 e. The summed E-state index contributed by atoms with van der Waals surface area (Å²) in [5.41, 5.74) is 2.80. The molecule has 20 heavy (non-hydrogen) atoms. The van der Waals surface area contributed by atoms with Crippen LogP contribution < -0.4 is 5.43 Å². The lowest BCUT2D eigenvalue weighted by Gasteiger charge is -2.31. The number of halogens is 4. The quantitative estimate of drug-likeness (QED) is 0.659. The minimum atomic E-state index is -4.45. The van der Waals surface area contributed by atoms with Crippen LogP contribution in [0.3, 0.4) is 0 Å². The average Bonchev–Trinajstić information content (AvgIpc) is 2.72. The van der Waals surface area contributed by atoms with Crippen LogP contribution in [0.5, 0.6) is 0 Å². The molecule has 0 saturated heterocycles. The summed E-state index contributed by atoms with van der Waals surface area (Å²) in [6.07, 6.45) is 2.45. The smallest absolute Gasteiger partial charge is 0.260 e. The SMILES string of the molecule is FC(F)(F)c1cnc(N/N=C2/C[C@@H]3C=CC[C@@H]23)c(Cl)c1. The predicted molar refractivity (Wildman–Crippen MR) is 70.7 cm³/mol. The minimum absolute atomic E-state index is 0.0930. The second-order valence-corrected chi connectivity index (χ2v) is 5.31. The van der Waals surface area contributed by atoms with Gasteiger partial charge in [0.1, 0.15) is 0 Å². The highest BCUT2D eigenvalue weighted by molar-refractivity contribution is 6.33. The Kier molecular flexibility index (Phi) is 3.20. The van der Waals surface area contributed by atoms with Gasteiger partial charge in [-0.1, -0.05) is 23.8 Å². The zero-order valence-electron chi connectivity index (χ0n) is 10.3. The molecule has 2 aliphatic carbocycles. The molecule has 0 aliphatic heterocycles. The van der Waals surface area contributed by atoms with Gasteiger partial charge >= 0.3 is 6.18 Å². The normalized spacial score (nSPS) is 26.5. The Morgan fingerprint density at radius 2 is 2.20 bits per heavy atom. The second-order valence-electron chi connectivity index (χ2n) is 4.91. The van der Waals surface area contributed by atoms with Gasteiger partial charge in [-0.25, -0.2) is 4.98 Å². The van der Waals surface area contributed by atoms with Crippen molar-refractivity contribution in [2.75, 3.05) is 5.43 Å². The van der Waals surface area contributed by atoms with Crippen molar-refractivity contribution in [1.82, 2.24) is 4.98 Å². The predicted octanol–water partition coefficient (Wildman–Crippen LogP) is 4.12. The average molecular weight is 302 g/mol. The number of pyridine rings is 1. The third-order valence-corrected chi connectivity index (χ3v) is 3.93. The first-order chi connectivity index (χ1) is 9.45. The summed E-state index contributed by atoms with van der Waals surface area (Å²) in [6, 6.07) is 0.845. The number of alkyl halides is 3. The van der Waals surface area contributed by atoms with E-state index < -0.39 is 11.7 Å².